The number of phosphoric acid groups is 1. The van der Waals surface area contributed by atoms with Gasteiger partial charge < -0.3 is 4.89 Å². The molecule has 1 aromatic rings. The van der Waals surface area contributed by atoms with Gasteiger partial charge in [-0.2, -0.15) is 4.62 Å². The highest BCUT2D eigenvalue weighted by atomic mass is 31.2. The summed E-state index contributed by atoms with van der Waals surface area (Å²) >= 11 is 0. The van der Waals surface area contributed by atoms with Crippen LogP contribution in [0.5, 0.6) is 0 Å². The summed E-state index contributed by atoms with van der Waals surface area (Å²) in [5.41, 5.74) is 2.42. The highest BCUT2D eigenvalue weighted by Crippen LogP contribution is 2.53. The Hall–Kier alpha value is -1.20. The van der Waals surface area contributed by atoms with Crippen LogP contribution in [0.4, 0.5) is 0 Å². The van der Waals surface area contributed by atoms with Crippen LogP contribution in [-0.2, 0) is 24.9 Å². The number of hydrogen-bond acceptors (Lipinski definition) is 4. The second-order valence-corrected chi connectivity index (χ2v) is 8.34. The smallest absolute Gasteiger partial charge is 0.301 e. The van der Waals surface area contributed by atoms with Gasteiger partial charge in [0.05, 0.1) is 5.60 Å². The lowest BCUT2D eigenvalue weighted by molar-refractivity contribution is -0.130. The molecule has 0 aliphatic heterocycles. The van der Waals surface area contributed by atoms with Gasteiger partial charge in [0.25, 0.3) is 0 Å². The first-order valence-corrected chi connectivity index (χ1v) is 11.0. The number of rotatable bonds is 12. The molecule has 0 saturated heterocycles. The summed E-state index contributed by atoms with van der Waals surface area (Å²) in [6, 6.07) is 9.71. The summed E-state index contributed by atoms with van der Waals surface area (Å²) in [4.78, 5) is 21.7. The van der Waals surface area contributed by atoms with Gasteiger partial charge in [0.2, 0.25) is 5.91 Å². The first-order chi connectivity index (χ1) is 12.4. The van der Waals surface area contributed by atoms with Crippen LogP contribution in [0.1, 0.15) is 70.3 Å². The summed E-state index contributed by atoms with van der Waals surface area (Å²) in [6.45, 7) is 2.13. The third-order valence-electron chi connectivity index (χ3n) is 4.73. The molecule has 1 saturated carbocycles. The Morgan fingerprint density at radius 1 is 1.19 bits per heavy atom. The minimum absolute atomic E-state index is 0.277. The molecular formula is C19H30NO5P. The zero-order chi connectivity index (χ0) is 18.9. The molecule has 0 radical (unpaired) electrons. The SMILES string of the molecule is CCCCCCCC(=O)NOP(=O)(O)OC1(Cc2ccccc2)CCC1. The number of carbonyl (C=O) groups excluding carboxylic acids is 1. The van der Waals surface area contributed by atoms with Gasteiger partial charge in [-0.1, -0.05) is 62.9 Å². The Bertz CT molecular complexity index is 603. The largest absolute Gasteiger partial charge is 0.494 e. The zero-order valence-electron chi connectivity index (χ0n) is 15.5. The van der Waals surface area contributed by atoms with E-state index in [1.54, 1.807) is 0 Å². The van der Waals surface area contributed by atoms with Crippen molar-refractivity contribution in [3.8, 4) is 0 Å². The van der Waals surface area contributed by atoms with E-state index in [4.69, 9.17) is 9.15 Å². The second-order valence-electron chi connectivity index (χ2n) is 7.04. The fourth-order valence-corrected chi connectivity index (χ4v) is 4.14. The fraction of sp³-hybridized carbons (Fsp3) is 0.632. The van der Waals surface area contributed by atoms with Gasteiger partial charge in [-0.3, -0.25) is 9.32 Å². The summed E-state index contributed by atoms with van der Waals surface area (Å²) in [6.07, 6.45) is 8.25. The Morgan fingerprint density at radius 3 is 2.50 bits per heavy atom. The normalized spacial score (nSPS) is 17.9. The Balaban J connectivity index is 1.76. The second kappa shape index (κ2) is 10.2. The molecule has 1 aromatic carbocycles. The molecule has 0 heterocycles. The molecule has 0 aromatic heterocycles. The van der Waals surface area contributed by atoms with Crippen molar-refractivity contribution in [2.24, 2.45) is 0 Å². The van der Waals surface area contributed by atoms with Crippen LogP contribution < -0.4 is 5.48 Å². The monoisotopic (exact) mass is 383 g/mol. The molecule has 1 unspecified atom stereocenters. The van der Waals surface area contributed by atoms with Crippen molar-refractivity contribution >= 4 is 13.7 Å². The zero-order valence-corrected chi connectivity index (χ0v) is 16.4. The molecule has 2 N–H and O–H groups in total. The predicted octanol–water partition coefficient (Wildman–Crippen LogP) is 4.68. The Kier molecular flexibility index (Phi) is 8.29. The van der Waals surface area contributed by atoms with E-state index in [1.807, 2.05) is 30.3 Å². The van der Waals surface area contributed by atoms with Crippen molar-refractivity contribution in [1.29, 1.82) is 0 Å². The number of hydroxylamine groups is 1. The lowest BCUT2D eigenvalue weighted by Gasteiger charge is -2.41. The number of benzene rings is 1. The lowest BCUT2D eigenvalue weighted by atomic mass is 9.76. The Morgan fingerprint density at radius 2 is 1.88 bits per heavy atom. The molecule has 1 atom stereocenters. The van der Waals surface area contributed by atoms with Crippen molar-refractivity contribution in [3.05, 3.63) is 35.9 Å². The molecule has 1 aliphatic rings. The van der Waals surface area contributed by atoms with Gasteiger partial charge in [0.15, 0.2) is 0 Å². The van der Waals surface area contributed by atoms with Gasteiger partial charge in [-0.15, -0.1) is 0 Å². The molecule has 2 rings (SSSR count). The van der Waals surface area contributed by atoms with Crippen molar-refractivity contribution in [3.63, 3.8) is 0 Å². The van der Waals surface area contributed by atoms with E-state index in [0.29, 0.717) is 19.3 Å². The molecule has 0 spiro atoms. The molecule has 1 fully saturated rings. The maximum Gasteiger partial charge on any atom is 0.494 e. The maximum absolute atomic E-state index is 12.2. The number of unbranched alkanes of at least 4 members (excludes halogenated alkanes) is 4. The van der Waals surface area contributed by atoms with E-state index >= 15 is 0 Å². The van der Waals surface area contributed by atoms with E-state index < -0.39 is 19.3 Å². The van der Waals surface area contributed by atoms with E-state index in [1.165, 1.54) is 0 Å². The van der Waals surface area contributed by atoms with Crippen LogP contribution >= 0.6 is 7.82 Å². The average molecular weight is 383 g/mol. The molecule has 7 heteroatoms. The van der Waals surface area contributed by atoms with Crippen LogP contribution in [0.15, 0.2) is 30.3 Å². The van der Waals surface area contributed by atoms with E-state index in [9.17, 15) is 14.3 Å². The van der Waals surface area contributed by atoms with Crippen LogP contribution in [0, 0.1) is 0 Å². The molecule has 6 nitrogen and oxygen atoms in total. The maximum atomic E-state index is 12.2. The third-order valence-corrected chi connectivity index (χ3v) is 5.67. The summed E-state index contributed by atoms with van der Waals surface area (Å²) in [7, 11) is -4.35. The standard InChI is InChI=1S/C19H30NO5P/c1-2-3-4-5-9-13-18(21)20-25-26(22,23)24-19(14-10-15-19)16-17-11-7-6-8-12-17/h6-8,11-12H,2-5,9-10,13-16H2,1H3,(H,20,21)(H,22,23). The molecule has 1 amide bonds. The minimum Gasteiger partial charge on any atom is -0.301 e. The van der Waals surface area contributed by atoms with Gasteiger partial charge in [-0.05, 0) is 31.2 Å². The van der Waals surface area contributed by atoms with Crippen LogP contribution in [-0.4, -0.2) is 16.4 Å². The Labute approximate surface area is 155 Å². The highest BCUT2D eigenvalue weighted by Gasteiger charge is 2.45. The van der Waals surface area contributed by atoms with Crippen LogP contribution in [0.25, 0.3) is 0 Å². The van der Waals surface area contributed by atoms with E-state index in [2.05, 4.69) is 12.4 Å². The van der Waals surface area contributed by atoms with Gasteiger partial charge >= 0.3 is 7.82 Å². The van der Waals surface area contributed by atoms with Crippen molar-refractivity contribution in [1.82, 2.24) is 5.48 Å². The number of amides is 1. The first kappa shape index (κ1) is 21.1. The molecule has 1 aliphatic carbocycles. The van der Waals surface area contributed by atoms with Crippen LogP contribution in [0.2, 0.25) is 0 Å². The minimum atomic E-state index is -4.35. The van der Waals surface area contributed by atoms with Crippen LogP contribution in [0.3, 0.4) is 0 Å². The number of carbonyl (C=O) groups is 1. The summed E-state index contributed by atoms with van der Waals surface area (Å²) < 4.78 is 22.4. The number of nitrogens with one attached hydrogen (secondary N) is 1. The summed E-state index contributed by atoms with van der Waals surface area (Å²) in [5.74, 6) is -0.398. The predicted molar refractivity (Wildman–Crippen MR) is 100 cm³/mol. The fourth-order valence-electron chi connectivity index (χ4n) is 3.15. The molecule has 146 valence electrons. The topological polar surface area (TPSA) is 84.9 Å². The van der Waals surface area contributed by atoms with E-state index in [0.717, 1.165) is 44.1 Å². The summed E-state index contributed by atoms with van der Waals surface area (Å²) in [5, 5.41) is 0. The quantitative estimate of drug-likeness (QED) is 0.311. The lowest BCUT2D eigenvalue weighted by Crippen LogP contribution is -2.42. The first-order valence-electron chi connectivity index (χ1n) is 9.50. The van der Waals surface area contributed by atoms with Gasteiger partial charge in [0, 0.05) is 12.8 Å². The van der Waals surface area contributed by atoms with Crippen molar-refractivity contribution in [2.75, 3.05) is 0 Å². The number of phosphoric ester groups is 1. The van der Waals surface area contributed by atoms with Gasteiger partial charge in [0.1, 0.15) is 0 Å². The van der Waals surface area contributed by atoms with E-state index in [-0.39, 0.29) is 6.42 Å². The average Bonchev–Trinajstić information content (AvgIpc) is 2.59. The molecular weight excluding hydrogens is 353 g/mol. The van der Waals surface area contributed by atoms with Crippen molar-refractivity contribution < 1.29 is 23.4 Å². The van der Waals surface area contributed by atoms with Gasteiger partial charge in [-0.25, -0.2) is 10.0 Å². The molecule has 0 bridgehead atoms. The van der Waals surface area contributed by atoms with Crippen molar-refractivity contribution in [2.45, 2.75) is 76.7 Å². The third kappa shape index (κ3) is 7.20. The highest BCUT2D eigenvalue weighted by molar-refractivity contribution is 7.47. The number of hydrogen-bond donors (Lipinski definition) is 2. The molecule has 26 heavy (non-hydrogen) atoms.